The number of nitrogens with one attached hydrogen (secondary N) is 2. The van der Waals surface area contributed by atoms with Crippen molar-refractivity contribution in [1.29, 1.82) is 0 Å². The lowest BCUT2D eigenvalue weighted by atomic mass is 10.0. The highest BCUT2D eigenvalue weighted by Gasteiger charge is 2.31. The Hall–Kier alpha value is -1.80. The minimum Gasteiger partial charge on any atom is -0.379 e. The standard InChI is InChI=1S/C19H27F3N4O/c1-2-23-18(25-16-7-8-16)24-13-17(26-9-11-27-12-10-26)14-3-5-15(6-4-14)19(20,21)22/h3-6,16-17H,2,7-13H2,1H3,(H2,23,24,25). The van der Waals surface area contributed by atoms with Crippen LogP contribution in [0.1, 0.15) is 36.9 Å². The Morgan fingerprint density at radius 3 is 2.44 bits per heavy atom. The lowest BCUT2D eigenvalue weighted by molar-refractivity contribution is -0.137. The molecule has 3 rings (SSSR count). The zero-order valence-electron chi connectivity index (χ0n) is 15.6. The van der Waals surface area contributed by atoms with E-state index in [2.05, 4.69) is 15.5 Å². The molecule has 2 aliphatic rings. The van der Waals surface area contributed by atoms with Gasteiger partial charge in [0, 0.05) is 25.7 Å². The van der Waals surface area contributed by atoms with Crippen LogP contribution in [-0.2, 0) is 10.9 Å². The largest absolute Gasteiger partial charge is 0.416 e. The van der Waals surface area contributed by atoms with Gasteiger partial charge in [-0.1, -0.05) is 12.1 Å². The highest BCUT2D eigenvalue weighted by atomic mass is 19.4. The van der Waals surface area contributed by atoms with Gasteiger partial charge in [0.25, 0.3) is 0 Å². The van der Waals surface area contributed by atoms with Crippen LogP contribution in [-0.4, -0.2) is 56.3 Å². The lowest BCUT2D eigenvalue weighted by Crippen LogP contribution is -2.42. The molecule has 1 saturated heterocycles. The zero-order valence-corrected chi connectivity index (χ0v) is 15.6. The molecule has 5 nitrogen and oxygen atoms in total. The Morgan fingerprint density at radius 1 is 1.22 bits per heavy atom. The number of alkyl halides is 3. The van der Waals surface area contributed by atoms with Crippen molar-refractivity contribution in [3.05, 3.63) is 35.4 Å². The Kier molecular flexibility index (Phi) is 6.59. The average molecular weight is 384 g/mol. The minimum absolute atomic E-state index is 0.0779. The van der Waals surface area contributed by atoms with E-state index in [1.165, 1.54) is 0 Å². The van der Waals surface area contributed by atoms with Crippen molar-refractivity contribution in [2.75, 3.05) is 39.4 Å². The van der Waals surface area contributed by atoms with Crippen molar-refractivity contribution >= 4 is 5.96 Å². The van der Waals surface area contributed by atoms with Crippen LogP contribution in [0.5, 0.6) is 0 Å². The summed E-state index contributed by atoms with van der Waals surface area (Å²) in [4.78, 5) is 6.94. The fraction of sp³-hybridized carbons (Fsp3) is 0.632. The molecule has 1 aromatic rings. The van der Waals surface area contributed by atoms with Crippen LogP contribution >= 0.6 is 0 Å². The maximum absolute atomic E-state index is 12.9. The molecular weight excluding hydrogens is 357 g/mol. The topological polar surface area (TPSA) is 48.9 Å². The van der Waals surface area contributed by atoms with Gasteiger partial charge in [0.1, 0.15) is 0 Å². The van der Waals surface area contributed by atoms with Crippen molar-refractivity contribution in [1.82, 2.24) is 15.5 Å². The van der Waals surface area contributed by atoms with Gasteiger partial charge < -0.3 is 15.4 Å². The maximum atomic E-state index is 12.9. The smallest absolute Gasteiger partial charge is 0.379 e. The van der Waals surface area contributed by atoms with Crippen LogP contribution in [0.2, 0.25) is 0 Å². The number of hydrogen-bond donors (Lipinski definition) is 2. The molecule has 0 radical (unpaired) electrons. The summed E-state index contributed by atoms with van der Waals surface area (Å²) in [6.45, 7) is 6.00. The van der Waals surface area contributed by atoms with E-state index in [4.69, 9.17) is 9.73 Å². The first kappa shape index (κ1) is 19.9. The van der Waals surface area contributed by atoms with Crippen LogP contribution in [0.15, 0.2) is 29.3 Å². The quantitative estimate of drug-likeness (QED) is 0.585. The first-order valence-electron chi connectivity index (χ1n) is 9.51. The van der Waals surface area contributed by atoms with Crippen LogP contribution < -0.4 is 10.6 Å². The van der Waals surface area contributed by atoms with Gasteiger partial charge in [0.15, 0.2) is 5.96 Å². The Labute approximate surface area is 158 Å². The molecule has 27 heavy (non-hydrogen) atoms. The fourth-order valence-electron chi connectivity index (χ4n) is 3.13. The molecule has 0 amide bonds. The van der Waals surface area contributed by atoms with Crippen molar-refractivity contribution < 1.29 is 17.9 Å². The summed E-state index contributed by atoms with van der Waals surface area (Å²) in [5.41, 5.74) is 0.218. The van der Waals surface area contributed by atoms with Crippen molar-refractivity contribution in [2.45, 2.75) is 38.0 Å². The van der Waals surface area contributed by atoms with Gasteiger partial charge in [-0.15, -0.1) is 0 Å². The van der Waals surface area contributed by atoms with E-state index < -0.39 is 11.7 Å². The SMILES string of the molecule is CCNC(=NCC(c1ccc(C(F)(F)F)cc1)N1CCOCC1)NC1CC1. The molecule has 1 aromatic carbocycles. The maximum Gasteiger partial charge on any atom is 0.416 e. The summed E-state index contributed by atoms with van der Waals surface area (Å²) >= 11 is 0. The van der Waals surface area contributed by atoms with Crippen LogP contribution in [0, 0.1) is 0 Å². The van der Waals surface area contributed by atoms with Gasteiger partial charge in [-0.3, -0.25) is 9.89 Å². The molecule has 1 aliphatic carbocycles. The number of benzene rings is 1. The average Bonchev–Trinajstić information content (AvgIpc) is 3.47. The number of rotatable bonds is 6. The van der Waals surface area contributed by atoms with Gasteiger partial charge in [0.05, 0.1) is 31.4 Å². The normalized spacial score (nSPS) is 20.4. The molecule has 1 saturated carbocycles. The van der Waals surface area contributed by atoms with E-state index in [9.17, 15) is 13.2 Å². The Bertz CT molecular complexity index is 623. The van der Waals surface area contributed by atoms with Crippen molar-refractivity contribution in [2.24, 2.45) is 4.99 Å². The van der Waals surface area contributed by atoms with E-state index in [-0.39, 0.29) is 6.04 Å². The monoisotopic (exact) mass is 384 g/mol. The number of hydrogen-bond acceptors (Lipinski definition) is 3. The number of ether oxygens (including phenoxy) is 1. The third-order valence-corrected chi connectivity index (χ3v) is 4.79. The second kappa shape index (κ2) is 8.93. The second-order valence-electron chi connectivity index (χ2n) is 6.92. The van der Waals surface area contributed by atoms with E-state index in [0.717, 1.165) is 56.1 Å². The third-order valence-electron chi connectivity index (χ3n) is 4.79. The number of morpholine rings is 1. The van der Waals surface area contributed by atoms with Crippen LogP contribution in [0.4, 0.5) is 13.2 Å². The Morgan fingerprint density at radius 2 is 1.89 bits per heavy atom. The summed E-state index contributed by atoms with van der Waals surface area (Å²) in [5, 5.41) is 6.62. The van der Waals surface area contributed by atoms with Gasteiger partial charge in [-0.2, -0.15) is 13.2 Å². The molecule has 2 fully saturated rings. The third kappa shape index (κ3) is 5.84. The first-order chi connectivity index (χ1) is 13.0. The lowest BCUT2D eigenvalue weighted by Gasteiger charge is -2.34. The molecule has 1 unspecified atom stereocenters. The number of aliphatic imine (C=N–C) groups is 1. The zero-order chi connectivity index (χ0) is 19.3. The van der Waals surface area contributed by atoms with E-state index in [1.54, 1.807) is 12.1 Å². The molecule has 1 atom stereocenters. The fourth-order valence-corrected chi connectivity index (χ4v) is 3.13. The highest BCUT2D eigenvalue weighted by Crippen LogP contribution is 2.31. The molecule has 0 bridgehead atoms. The molecule has 2 N–H and O–H groups in total. The van der Waals surface area contributed by atoms with Crippen LogP contribution in [0.3, 0.4) is 0 Å². The first-order valence-corrected chi connectivity index (χ1v) is 9.51. The van der Waals surface area contributed by atoms with Crippen molar-refractivity contribution in [3.63, 3.8) is 0 Å². The predicted molar refractivity (Wildman–Crippen MR) is 98.7 cm³/mol. The van der Waals surface area contributed by atoms with Gasteiger partial charge in [-0.05, 0) is 37.5 Å². The molecule has 8 heteroatoms. The summed E-state index contributed by atoms with van der Waals surface area (Å²) in [7, 11) is 0. The van der Waals surface area contributed by atoms with Crippen molar-refractivity contribution in [3.8, 4) is 0 Å². The van der Waals surface area contributed by atoms with Gasteiger partial charge in [-0.25, -0.2) is 0 Å². The number of nitrogens with zero attached hydrogens (tertiary/aromatic N) is 2. The molecule has 0 spiro atoms. The highest BCUT2D eigenvalue weighted by molar-refractivity contribution is 5.80. The predicted octanol–water partition coefficient (Wildman–Crippen LogP) is 2.80. The van der Waals surface area contributed by atoms with Crippen LogP contribution in [0.25, 0.3) is 0 Å². The summed E-state index contributed by atoms with van der Waals surface area (Å²) in [5.74, 6) is 0.769. The number of halogens is 3. The second-order valence-corrected chi connectivity index (χ2v) is 6.92. The molecule has 150 valence electrons. The molecule has 1 heterocycles. The summed E-state index contributed by atoms with van der Waals surface area (Å²) in [6, 6.07) is 5.85. The van der Waals surface area contributed by atoms with Gasteiger partial charge >= 0.3 is 6.18 Å². The molecular formula is C19H27F3N4O. The van der Waals surface area contributed by atoms with E-state index >= 15 is 0 Å². The number of guanidine groups is 1. The molecule has 1 aliphatic heterocycles. The Balaban J connectivity index is 1.77. The minimum atomic E-state index is -4.32. The van der Waals surface area contributed by atoms with Gasteiger partial charge in [0.2, 0.25) is 0 Å². The summed E-state index contributed by atoms with van der Waals surface area (Å²) < 4.78 is 44.1. The summed E-state index contributed by atoms with van der Waals surface area (Å²) in [6.07, 6.45) is -2.02. The molecule has 0 aromatic heterocycles. The van der Waals surface area contributed by atoms with E-state index in [0.29, 0.717) is 25.8 Å². The van der Waals surface area contributed by atoms with E-state index in [1.807, 2.05) is 6.92 Å².